The summed E-state index contributed by atoms with van der Waals surface area (Å²) in [6.45, 7) is 1.20. The number of hydrogen-bond acceptors (Lipinski definition) is 4. The molecule has 0 fully saturated rings. The number of aliphatic hydroxyl groups is 1. The zero-order chi connectivity index (χ0) is 16.5. The molecular weight excluding hydrogens is 300 g/mol. The van der Waals surface area contributed by atoms with E-state index in [4.69, 9.17) is 0 Å². The highest BCUT2D eigenvalue weighted by atomic mass is 16.3. The number of phenols is 1. The largest absolute Gasteiger partial charge is 0.506 e. The minimum Gasteiger partial charge on any atom is -0.506 e. The highest BCUT2D eigenvalue weighted by Crippen LogP contribution is 2.35. The van der Waals surface area contributed by atoms with Crippen molar-refractivity contribution in [2.75, 3.05) is 18.4 Å². The SMILES string of the molecule is Oc1ccc(C(O)CNC2Cc3ccccc3C2)c2c1NCC=C2. The van der Waals surface area contributed by atoms with Gasteiger partial charge in [0.15, 0.2) is 0 Å². The third-order valence-corrected chi connectivity index (χ3v) is 4.95. The van der Waals surface area contributed by atoms with Crippen molar-refractivity contribution in [3.8, 4) is 5.75 Å². The summed E-state index contributed by atoms with van der Waals surface area (Å²) >= 11 is 0. The lowest BCUT2D eigenvalue weighted by molar-refractivity contribution is 0.170. The predicted octanol–water partition coefficient (Wildman–Crippen LogP) is 2.62. The average Bonchev–Trinajstić information content (AvgIpc) is 3.03. The molecule has 24 heavy (non-hydrogen) atoms. The second-order valence-corrected chi connectivity index (χ2v) is 6.54. The van der Waals surface area contributed by atoms with Crippen molar-refractivity contribution in [1.82, 2.24) is 5.32 Å². The Hall–Kier alpha value is -2.30. The van der Waals surface area contributed by atoms with E-state index in [0.717, 1.165) is 24.0 Å². The molecule has 0 spiro atoms. The number of nitrogens with one attached hydrogen (secondary N) is 2. The average molecular weight is 322 g/mol. The molecule has 2 aromatic rings. The van der Waals surface area contributed by atoms with Gasteiger partial charge in [0.1, 0.15) is 5.75 Å². The summed E-state index contributed by atoms with van der Waals surface area (Å²) in [6.07, 6.45) is 5.39. The van der Waals surface area contributed by atoms with E-state index in [0.29, 0.717) is 24.8 Å². The molecule has 4 rings (SSSR count). The molecule has 0 radical (unpaired) electrons. The molecule has 2 aromatic carbocycles. The van der Waals surface area contributed by atoms with E-state index in [-0.39, 0.29) is 5.75 Å². The standard InChI is InChI=1S/C20H22N2O2/c23-18-8-7-16(17-6-3-9-21-20(17)18)19(24)12-22-15-10-13-4-1-2-5-14(13)11-15/h1-8,15,19,21-24H,9-12H2. The zero-order valence-electron chi connectivity index (χ0n) is 13.5. The lowest BCUT2D eigenvalue weighted by Gasteiger charge is -2.22. The maximum atomic E-state index is 10.6. The monoisotopic (exact) mass is 322 g/mol. The van der Waals surface area contributed by atoms with E-state index in [1.165, 1.54) is 11.1 Å². The van der Waals surface area contributed by atoms with Crippen LogP contribution in [0.3, 0.4) is 0 Å². The van der Waals surface area contributed by atoms with Crippen LogP contribution < -0.4 is 10.6 Å². The number of hydrogen-bond donors (Lipinski definition) is 4. The van der Waals surface area contributed by atoms with Crippen molar-refractivity contribution in [2.24, 2.45) is 0 Å². The first-order valence-corrected chi connectivity index (χ1v) is 8.47. The van der Waals surface area contributed by atoms with Gasteiger partial charge in [0, 0.05) is 24.7 Å². The zero-order valence-corrected chi connectivity index (χ0v) is 13.5. The third-order valence-electron chi connectivity index (χ3n) is 4.95. The molecule has 0 aromatic heterocycles. The summed E-state index contributed by atoms with van der Waals surface area (Å²) in [4.78, 5) is 0. The van der Waals surface area contributed by atoms with Gasteiger partial charge in [0.25, 0.3) is 0 Å². The van der Waals surface area contributed by atoms with Gasteiger partial charge in [-0.3, -0.25) is 0 Å². The van der Waals surface area contributed by atoms with Crippen LogP contribution in [0.2, 0.25) is 0 Å². The molecule has 4 heteroatoms. The van der Waals surface area contributed by atoms with Gasteiger partial charge < -0.3 is 20.8 Å². The lowest BCUT2D eigenvalue weighted by Crippen LogP contribution is -2.33. The van der Waals surface area contributed by atoms with Gasteiger partial charge in [-0.25, -0.2) is 0 Å². The molecule has 0 saturated heterocycles. The van der Waals surface area contributed by atoms with Crippen LogP contribution in [0.15, 0.2) is 42.5 Å². The van der Waals surface area contributed by atoms with E-state index in [1.807, 2.05) is 12.2 Å². The van der Waals surface area contributed by atoms with E-state index in [1.54, 1.807) is 12.1 Å². The minimum atomic E-state index is -0.604. The van der Waals surface area contributed by atoms with Gasteiger partial charge in [-0.2, -0.15) is 0 Å². The Morgan fingerprint density at radius 2 is 1.88 bits per heavy atom. The molecule has 4 N–H and O–H groups in total. The van der Waals surface area contributed by atoms with Crippen LogP contribution in [0.5, 0.6) is 5.75 Å². The normalized spacial score (nSPS) is 17.2. The van der Waals surface area contributed by atoms with Crippen LogP contribution in [0, 0.1) is 0 Å². The lowest BCUT2D eigenvalue weighted by atomic mass is 9.97. The van der Waals surface area contributed by atoms with Crippen molar-refractivity contribution < 1.29 is 10.2 Å². The van der Waals surface area contributed by atoms with Crippen molar-refractivity contribution in [3.05, 3.63) is 64.7 Å². The second kappa shape index (κ2) is 6.30. The first kappa shape index (κ1) is 15.2. The molecular formula is C20H22N2O2. The number of anilines is 1. The smallest absolute Gasteiger partial charge is 0.139 e. The van der Waals surface area contributed by atoms with Crippen molar-refractivity contribution >= 4 is 11.8 Å². The summed E-state index contributed by atoms with van der Waals surface area (Å²) < 4.78 is 0. The minimum absolute atomic E-state index is 0.226. The third kappa shape index (κ3) is 2.79. The van der Waals surface area contributed by atoms with E-state index >= 15 is 0 Å². The van der Waals surface area contributed by atoms with Crippen molar-refractivity contribution in [3.63, 3.8) is 0 Å². The molecule has 0 amide bonds. The fourth-order valence-electron chi connectivity index (χ4n) is 3.71. The number of aromatic hydroxyl groups is 1. The highest BCUT2D eigenvalue weighted by Gasteiger charge is 2.23. The molecule has 1 aliphatic carbocycles. The Labute approximate surface area is 141 Å². The number of fused-ring (bicyclic) bond motifs is 2. The van der Waals surface area contributed by atoms with Gasteiger partial charge in [0.2, 0.25) is 0 Å². The highest BCUT2D eigenvalue weighted by molar-refractivity contribution is 5.77. The van der Waals surface area contributed by atoms with Crippen LogP contribution >= 0.6 is 0 Å². The van der Waals surface area contributed by atoms with E-state index in [2.05, 4.69) is 34.9 Å². The summed E-state index contributed by atoms with van der Waals surface area (Å²) in [7, 11) is 0. The van der Waals surface area contributed by atoms with Crippen LogP contribution in [0.4, 0.5) is 5.69 Å². The molecule has 1 aliphatic heterocycles. The second-order valence-electron chi connectivity index (χ2n) is 6.54. The number of aliphatic hydroxyl groups excluding tert-OH is 1. The van der Waals surface area contributed by atoms with Crippen molar-refractivity contribution in [2.45, 2.75) is 25.0 Å². The number of phenolic OH excluding ortho intramolecular Hbond substituents is 1. The van der Waals surface area contributed by atoms with Gasteiger partial charge in [0.05, 0.1) is 11.8 Å². The van der Waals surface area contributed by atoms with E-state index in [9.17, 15) is 10.2 Å². The maximum absolute atomic E-state index is 10.6. The van der Waals surface area contributed by atoms with Crippen LogP contribution in [0.25, 0.3) is 6.08 Å². The maximum Gasteiger partial charge on any atom is 0.139 e. The Morgan fingerprint density at radius 3 is 2.62 bits per heavy atom. The van der Waals surface area contributed by atoms with Gasteiger partial charge in [-0.1, -0.05) is 42.5 Å². The fraction of sp³-hybridized carbons (Fsp3) is 0.300. The fourth-order valence-corrected chi connectivity index (χ4v) is 3.71. The van der Waals surface area contributed by atoms with Crippen LogP contribution in [-0.2, 0) is 12.8 Å². The Morgan fingerprint density at radius 1 is 1.12 bits per heavy atom. The van der Waals surface area contributed by atoms with Gasteiger partial charge in [-0.05, 0) is 35.6 Å². The summed E-state index contributed by atoms with van der Waals surface area (Å²) in [5.74, 6) is 0.226. The molecule has 4 nitrogen and oxygen atoms in total. The molecule has 1 atom stereocenters. The molecule has 1 heterocycles. The van der Waals surface area contributed by atoms with Crippen molar-refractivity contribution in [1.29, 1.82) is 0 Å². The number of rotatable bonds is 4. The summed E-state index contributed by atoms with van der Waals surface area (Å²) in [5, 5.41) is 27.3. The number of benzene rings is 2. The van der Waals surface area contributed by atoms with E-state index < -0.39 is 6.10 Å². The summed E-state index contributed by atoms with van der Waals surface area (Å²) in [5.41, 5.74) is 5.24. The molecule has 1 unspecified atom stereocenters. The van der Waals surface area contributed by atoms with Crippen LogP contribution in [0.1, 0.15) is 28.4 Å². The molecule has 2 aliphatic rings. The van der Waals surface area contributed by atoms with Gasteiger partial charge in [-0.15, -0.1) is 0 Å². The first-order valence-electron chi connectivity index (χ1n) is 8.47. The predicted molar refractivity (Wildman–Crippen MR) is 96.2 cm³/mol. The molecule has 0 saturated carbocycles. The van der Waals surface area contributed by atoms with Gasteiger partial charge >= 0.3 is 0 Å². The quantitative estimate of drug-likeness (QED) is 0.654. The Kier molecular flexibility index (Phi) is 4.00. The van der Waals surface area contributed by atoms with Crippen LogP contribution in [-0.4, -0.2) is 29.3 Å². The molecule has 124 valence electrons. The Bertz CT molecular complexity index is 760. The molecule has 0 bridgehead atoms. The topological polar surface area (TPSA) is 64.5 Å². The summed E-state index contributed by atoms with van der Waals surface area (Å²) in [6, 6.07) is 12.4. The Balaban J connectivity index is 1.45. The first-order chi connectivity index (χ1) is 11.7.